The Morgan fingerprint density at radius 3 is 2.44 bits per heavy atom. The maximum Gasteiger partial charge on any atom is 0.423 e. The summed E-state index contributed by atoms with van der Waals surface area (Å²) < 4.78 is 99.9. The number of nitrogens with zero attached hydrogens (tertiary/aromatic N) is 3. The van der Waals surface area contributed by atoms with Crippen LogP contribution in [0.15, 0.2) is 58.5 Å². The molecule has 1 aromatic carbocycles. The Labute approximate surface area is 226 Å². The summed E-state index contributed by atoms with van der Waals surface area (Å²) in [5.74, 6) is -0.851. The normalized spacial score (nSPS) is 13.0. The van der Waals surface area contributed by atoms with Gasteiger partial charge < -0.3 is 14.6 Å². The lowest BCUT2D eigenvalue weighted by Crippen LogP contribution is -2.31. The van der Waals surface area contributed by atoms with E-state index in [0.717, 1.165) is 24.4 Å². The zero-order valence-electron chi connectivity index (χ0n) is 21.2. The molecule has 2 N–H and O–H groups in total. The summed E-state index contributed by atoms with van der Waals surface area (Å²) in [5, 5.41) is 8.17. The molecular weight excluding hydrogens is 563 g/mol. The Balaban J connectivity index is 1.51. The minimum atomic E-state index is -4.92. The van der Waals surface area contributed by atoms with Gasteiger partial charge in [-0.2, -0.15) is 31.4 Å². The molecule has 0 bridgehead atoms. The summed E-state index contributed by atoms with van der Waals surface area (Å²) in [5.41, 5.74) is -4.98. The number of fused-ring (bicyclic) bond motifs is 1. The van der Waals surface area contributed by atoms with Crippen molar-refractivity contribution < 1.29 is 35.5 Å². The molecule has 0 unspecified atom stereocenters. The van der Waals surface area contributed by atoms with E-state index in [9.17, 15) is 40.3 Å². The van der Waals surface area contributed by atoms with Gasteiger partial charge in [-0.25, -0.2) is 9.49 Å². The molecule has 4 aromatic rings. The van der Waals surface area contributed by atoms with E-state index < -0.39 is 52.1 Å². The van der Waals surface area contributed by atoms with Gasteiger partial charge in [-0.15, -0.1) is 0 Å². The average molecular weight is 585 g/mol. The van der Waals surface area contributed by atoms with E-state index >= 15 is 0 Å². The minimum absolute atomic E-state index is 0.0112. The van der Waals surface area contributed by atoms with Crippen LogP contribution in [-0.2, 0) is 23.6 Å². The van der Waals surface area contributed by atoms with Crippen molar-refractivity contribution in [3.63, 3.8) is 0 Å². The molecule has 8 nitrogen and oxygen atoms in total. The lowest BCUT2D eigenvalue weighted by atomic mass is 10.0. The lowest BCUT2D eigenvalue weighted by molar-refractivity contribution is -0.138. The van der Waals surface area contributed by atoms with E-state index in [-0.39, 0.29) is 36.2 Å². The van der Waals surface area contributed by atoms with Crippen LogP contribution in [0.3, 0.4) is 0 Å². The third kappa shape index (κ3) is 6.73. The molecule has 218 valence electrons. The zero-order chi connectivity index (χ0) is 29.9. The van der Waals surface area contributed by atoms with Crippen LogP contribution in [-0.4, -0.2) is 39.5 Å². The molecule has 0 aliphatic heterocycles. The van der Waals surface area contributed by atoms with Gasteiger partial charge in [0.1, 0.15) is 11.4 Å². The number of halogens is 7. The first-order chi connectivity index (χ1) is 19.3. The Morgan fingerprint density at radius 2 is 1.80 bits per heavy atom. The number of hydrogen-bond donors (Lipinski definition) is 2. The predicted molar refractivity (Wildman–Crippen MR) is 135 cm³/mol. The minimum Gasteiger partial charge on any atom is -0.383 e. The number of aromatic nitrogens is 4. The van der Waals surface area contributed by atoms with Crippen molar-refractivity contribution in [1.82, 2.24) is 19.7 Å². The van der Waals surface area contributed by atoms with Gasteiger partial charge in [0.2, 0.25) is 0 Å². The highest BCUT2D eigenvalue weighted by Gasteiger charge is 2.37. The standard InChI is InChI=1S/C26H22F7N5O3/c1-41-13-16(36-21-12-35-37-23(39)22(21)26(31,32)33)3-2-7-38-8-6-14-9-18(19(27)10-17(14)24(38)40)20-5-4-15(11-34-20)25(28,29)30/h4-6,8-12,16H,2-3,7,13H2,1H3,(H2,36,37,39)/t16-/m1/s1. The molecule has 15 heteroatoms. The van der Waals surface area contributed by atoms with Crippen LogP contribution in [0.25, 0.3) is 22.0 Å². The van der Waals surface area contributed by atoms with Crippen molar-refractivity contribution in [2.24, 2.45) is 0 Å². The Hall–Kier alpha value is -4.27. The first-order valence-corrected chi connectivity index (χ1v) is 12.1. The largest absolute Gasteiger partial charge is 0.423 e. The van der Waals surface area contributed by atoms with Crippen LogP contribution in [0.5, 0.6) is 0 Å². The van der Waals surface area contributed by atoms with Crippen LogP contribution in [0.2, 0.25) is 0 Å². The molecule has 3 heterocycles. The Bertz CT molecular complexity index is 1650. The number of aryl methyl sites for hydroxylation is 1. The second-order valence-corrected chi connectivity index (χ2v) is 9.09. The van der Waals surface area contributed by atoms with Crippen molar-refractivity contribution in [3.05, 3.63) is 86.6 Å². The number of aromatic amines is 1. The second-order valence-electron chi connectivity index (χ2n) is 9.09. The average Bonchev–Trinajstić information content (AvgIpc) is 2.89. The van der Waals surface area contributed by atoms with Crippen molar-refractivity contribution in [1.29, 1.82) is 0 Å². The summed E-state index contributed by atoms with van der Waals surface area (Å²) in [6.07, 6.45) is -6.10. The number of anilines is 1. The molecule has 0 aliphatic rings. The highest BCUT2D eigenvalue weighted by molar-refractivity contribution is 5.86. The molecular formula is C26H22F7N5O3. The first-order valence-electron chi connectivity index (χ1n) is 12.1. The maximum absolute atomic E-state index is 14.9. The summed E-state index contributed by atoms with van der Waals surface area (Å²) in [7, 11) is 1.35. The molecule has 0 saturated heterocycles. The summed E-state index contributed by atoms with van der Waals surface area (Å²) >= 11 is 0. The molecule has 0 aliphatic carbocycles. The van der Waals surface area contributed by atoms with Gasteiger partial charge in [0.15, 0.2) is 0 Å². The zero-order valence-corrected chi connectivity index (χ0v) is 21.2. The maximum atomic E-state index is 14.9. The van der Waals surface area contributed by atoms with Crippen LogP contribution in [0, 0.1) is 5.82 Å². The van der Waals surface area contributed by atoms with Gasteiger partial charge in [0, 0.05) is 37.7 Å². The third-order valence-corrected chi connectivity index (χ3v) is 6.25. The number of rotatable bonds is 9. The topological polar surface area (TPSA) is 102 Å². The number of pyridine rings is 2. The van der Waals surface area contributed by atoms with Gasteiger partial charge >= 0.3 is 12.4 Å². The SMILES string of the molecule is COC[C@@H](CCCn1ccc2cc(-c3ccc(C(F)(F)F)cn3)c(F)cc2c1=O)Nc1cn[nH]c(=O)c1C(F)(F)F. The Morgan fingerprint density at radius 1 is 1.05 bits per heavy atom. The molecule has 41 heavy (non-hydrogen) atoms. The molecule has 0 amide bonds. The number of H-pyrrole nitrogens is 1. The van der Waals surface area contributed by atoms with Crippen LogP contribution < -0.4 is 16.4 Å². The van der Waals surface area contributed by atoms with Gasteiger partial charge in [-0.1, -0.05) is 0 Å². The molecule has 1 atom stereocenters. The predicted octanol–water partition coefficient (Wildman–Crippen LogP) is 5.23. The van der Waals surface area contributed by atoms with Crippen LogP contribution in [0.4, 0.5) is 36.4 Å². The molecule has 4 rings (SSSR count). The number of benzene rings is 1. The number of ether oxygens (including phenoxy) is 1. The quantitative estimate of drug-likeness (QED) is 0.261. The van der Waals surface area contributed by atoms with Crippen molar-refractivity contribution in [2.75, 3.05) is 19.0 Å². The number of hydrogen-bond acceptors (Lipinski definition) is 6. The summed E-state index contributed by atoms with van der Waals surface area (Å²) in [6.45, 7) is 0.114. The Kier molecular flexibility index (Phi) is 8.47. The smallest absolute Gasteiger partial charge is 0.383 e. The fourth-order valence-electron chi connectivity index (χ4n) is 4.31. The van der Waals surface area contributed by atoms with Crippen molar-refractivity contribution in [3.8, 4) is 11.3 Å². The van der Waals surface area contributed by atoms with Crippen molar-refractivity contribution in [2.45, 2.75) is 37.8 Å². The van der Waals surface area contributed by atoms with Crippen molar-refractivity contribution >= 4 is 16.5 Å². The lowest BCUT2D eigenvalue weighted by Gasteiger charge is -2.21. The van der Waals surface area contributed by atoms with Gasteiger partial charge in [-0.05, 0) is 48.6 Å². The van der Waals surface area contributed by atoms with E-state index in [0.29, 0.717) is 18.0 Å². The van der Waals surface area contributed by atoms with E-state index in [1.54, 1.807) is 5.10 Å². The molecule has 0 radical (unpaired) electrons. The fourth-order valence-corrected chi connectivity index (χ4v) is 4.31. The molecule has 0 spiro atoms. The second kappa shape index (κ2) is 11.7. The first kappa shape index (κ1) is 29.7. The highest BCUT2D eigenvalue weighted by Crippen LogP contribution is 2.33. The molecule has 0 fully saturated rings. The monoisotopic (exact) mass is 585 g/mol. The fraction of sp³-hybridized carbons (Fsp3) is 0.308. The van der Waals surface area contributed by atoms with Gasteiger partial charge in [0.25, 0.3) is 11.1 Å². The van der Waals surface area contributed by atoms with Gasteiger partial charge in [0.05, 0.1) is 35.1 Å². The van der Waals surface area contributed by atoms with Crippen LogP contribution in [0.1, 0.15) is 24.0 Å². The molecule has 0 saturated carbocycles. The number of nitrogens with one attached hydrogen (secondary N) is 2. The van der Waals surface area contributed by atoms with E-state index in [4.69, 9.17) is 4.74 Å². The van der Waals surface area contributed by atoms with E-state index in [1.807, 2.05) is 0 Å². The third-order valence-electron chi connectivity index (χ3n) is 6.25. The highest BCUT2D eigenvalue weighted by atomic mass is 19.4. The summed E-state index contributed by atoms with van der Waals surface area (Å²) in [4.78, 5) is 28.4. The summed E-state index contributed by atoms with van der Waals surface area (Å²) in [6, 6.07) is 4.99. The number of alkyl halides is 6. The van der Waals surface area contributed by atoms with Gasteiger partial charge in [-0.3, -0.25) is 14.6 Å². The van der Waals surface area contributed by atoms with E-state index in [1.165, 1.54) is 30.0 Å². The molecule has 3 aromatic heterocycles. The number of methoxy groups -OCH3 is 1. The van der Waals surface area contributed by atoms with E-state index in [2.05, 4.69) is 15.4 Å². The van der Waals surface area contributed by atoms with Crippen LogP contribution >= 0.6 is 0 Å².